The summed E-state index contributed by atoms with van der Waals surface area (Å²) in [4.78, 5) is 16.0. The number of nitrogens with zero attached hydrogens (tertiary/aromatic N) is 1. The number of esters is 1. The lowest BCUT2D eigenvalue weighted by molar-refractivity contribution is -0.143. The third-order valence-corrected chi connectivity index (χ3v) is 4.77. The van der Waals surface area contributed by atoms with Crippen molar-refractivity contribution >= 4 is 27.8 Å². The van der Waals surface area contributed by atoms with Crippen molar-refractivity contribution in [3.63, 3.8) is 0 Å². The van der Waals surface area contributed by atoms with Gasteiger partial charge in [0.15, 0.2) is 5.58 Å². The van der Waals surface area contributed by atoms with Gasteiger partial charge in [0.05, 0.1) is 20.3 Å². The second-order valence-corrected chi connectivity index (χ2v) is 6.80. The van der Waals surface area contributed by atoms with Gasteiger partial charge in [-0.2, -0.15) is 0 Å². The normalized spacial score (nSPS) is 11.0. The number of carbonyl (C=O) groups is 1. The van der Waals surface area contributed by atoms with Crippen LogP contribution in [0.4, 0.5) is 0 Å². The Balaban J connectivity index is 1.53. The summed E-state index contributed by atoms with van der Waals surface area (Å²) in [6.45, 7) is 2.65. The van der Waals surface area contributed by atoms with Crippen molar-refractivity contribution < 1.29 is 23.4 Å². The molecule has 1 aromatic heterocycles. The first-order chi connectivity index (χ1) is 14.7. The molecular weight excluding hydrogens is 382 g/mol. The molecule has 0 unspecified atom stereocenters. The summed E-state index contributed by atoms with van der Waals surface area (Å²) in [7, 11) is 1.62. The van der Waals surface area contributed by atoms with Gasteiger partial charge in [-0.25, -0.2) is 4.98 Å². The second-order valence-electron chi connectivity index (χ2n) is 6.80. The molecule has 0 radical (unpaired) electrons. The largest absolute Gasteiger partial charge is 0.497 e. The molecule has 0 aliphatic carbocycles. The third-order valence-electron chi connectivity index (χ3n) is 4.77. The fraction of sp³-hybridized carbons (Fsp3) is 0.250. The predicted molar refractivity (Wildman–Crippen MR) is 115 cm³/mol. The summed E-state index contributed by atoms with van der Waals surface area (Å²) in [6.07, 6.45) is 0.963. The van der Waals surface area contributed by atoms with E-state index in [1.54, 1.807) is 14.0 Å². The first-order valence-electron chi connectivity index (χ1n) is 9.94. The van der Waals surface area contributed by atoms with Crippen molar-refractivity contribution in [3.05, 3.63) is 54.6 Å². The van der Waals surface area contributed by atoms with Crippen LogP contribution in [0, 0.1) is 0 Å². The molecule has 0 atom stereocenters. The van der Waals surface area contributed by atoms with Gasteiger partial charge in [-0.15, -0.1) is 0 Å². The van der Waals surface area contributed by atoms with Gasteiger partial charge in [-0.1, -0.05) is 12.1 Å². The minimum atomic E-state index is -0.195. The zero-order valence-electron chi connectivity index (χ0n) is 17.0. The quantitative estimate of drug-likeness (QED) is 0.290. The number of ether oxygens (including phenoxy) is 3. The number of hydrogen-bond donors (Lipinski definition) is 0. The van der Waals surface area contributed by atoms with Crippen LogP contribution in [0.2, 0.25) is 0 Å². The van der Waals surface area contributed by atoms with Crippen LogP contribution in [0.25, 0.3) is 33.3 Å². The van der Waals surface area contributed by atoms with Gasteiger partial charge in [0, 0.05) is 23.4 Å². The molecule has 6 heteroatoms. The summed E-state index contributed by atoms with van der Waals surface area (Å²) in [5.41, 5.74) is 2.35. The van der Waals surface area contributed by atoms with Gasteiger partial charge in [-0.3, -0.25) is 4.79 Å². The van der Waals surface area contributed by atoms with Crippen molar-refractivity contribution in [3.8, 4) is 23.0 Å². The number of fused-ring (bicyclic) bond motifs is 2. The Hall–Kier alpha value is -3.54. The highest BCUT2D eigenvalue weighted by Crippen LogP contribution is 2.32. The Bertz CT molecular complexity index is 1180. The summed E-state index contributed by atoms with van der Waals surface area (Å²) in [5, 5.41) is 2.02. The Kier molecular flexibility index (Phi) is 5.84. The molecule has 6 nitrogen and oxygen atoms in total. The first-order valence-corrected chi connectivity index (χ1v) is 9.94. The van der Waals surface area contributed by atoms with Crippen LogP contribution in [-0.2, 0) is 9.53 Å². The molecule has 0 saturated carbocycles. The molecule has 1 heterocycles. The maximum atomic E-state index is 11.4. The van der Waals surface area contributed by atoms with Crippen molar-refractivity contribution in [2.75, 3.05) is 20.3 Å². The summed E-state index contributed by atoms with van der Waals surface area (Å²) >= 11 is 0. The lowest BCUT2D eigenvalue weighted by Crippen LogP contribution is -2.06. The molecule has 30 heavy (non-hydrogen) atoms. The lowest BCUT2D eigenvalue weighted by atomic mass is 10.1. The van der Waals surface area contributed by atoms with Crippen molar-refractivity contribution in [1.82, 2.24) is 4.98 Å². The fourth-order valence-electron chi connectivity index (χ4n) is 3.30. The van der Waals surface area contributed by atoms with E-state index in [1.807, 2.05) is 54.6 Å². The molecule has 0 aliphatic heterocycles. The maximum absolute atomic E-state index is 11.4. The van der Waals surface area contributed by atoms with E-state index in [0.29, 0.717) is 37.5 Å². The molecule has 154 valence electrons. The minimum Gasteiger partial charge on any atom is -0.497 e. The van der Waals surface area contributed by atoms with E-state index in [1.165, 1.54) is 0 Å². The molecule has 0 spiro atoms. The number of benzene rings is 3. The van der Waals surface area contributed by atoms with Gasteiger partial charge in [0.25, 0.3) is 0 Å². The van der Waals surface area contributed by atoms with Crippen LogP contribution in [0.5, 0.6) is 11.5 Å². The number of carbonyl (C=O) groups excluding carboxylic acids is 1. The van der Waals surface area contributed by atoms with E-state index in [-0.39, 0.29) is 5.97 Å². The molecule has 0 amide bonds. The van der Waals surface area contributed by atoms with Crippen molar-refractivity contribution in [2.45, 2.75) is 19.8 Å². The van der Waals surface area contributed by atoms with Crippen LogP contribution in [0.3, 0.4) is 0 Å². The summed E-state index contributed by atoms with van der Waals surface area (Å²) in [5.74, 6) is 1.87. The molecule has 0 bridgehead atoms. The molecule has 4 aromatic rings. The smallest absolute Gasteiger partial charge is 0.305 e. The van der Waals surface area contributed by atoms with E-state index in [0.717, 1.165) is 33.4 Å². The summed E-state index contributed by atoms with van der Waals surface area (Å²) in [6, 6.07) is 17.5. The molecule has 0 aliphatic rings. The molecule has 0 fully saturated rings. The van der Waals surface area contributed by atoms with E-state index >= 15 is 0 Å². The topological polar surface area (TPSA) is 70.8 Å². The Morgan fingerprint density at radius 3 is 2.83 bits per heavy atom. The highest BCUT2D eigenvalue weighted by molar-refractivity contribution is 5.91. The lowest BCUT2D eigenvalue weighted by Gasteiger charge is -2.10. The van der Waals surface area contributed by atoms with E-state index in [9.17, 15) is 4.79 Å². The molecule has 3 aromatic carbocycles. The van der Waals surface area contributed by atoms with Crippen molar-refractivity contribution in [2.24, 2.45) is 0 Å². The molecule has 0 N–H and O–H groups in total. The number of hydrogen-bond acceptors (Lipinski definition) is 6. The van der Waals surface area contributed by atoms with Gasteiger partial charge in [0.2, 0.25) is 5.89 Å². The standard InChI is InChI=1S/C24H23NO5/c1-3-28-23(26)8-5-13-29-21-7-4-6-16-14-17(9-11-19(16)21)24-25-20-12-10-18(27-2)15-22(20)30-24/h4,6-7,9-12,14-15H,3,5,8,13H2,1-2H3. The Morgan fingerprint density at radius 1 is 1.10 bits per heavy atom. The highest BCUT2D eigenvalue weighted by atomic mass is 16.5. The average molecular weight is 405 g/mol. The number of rotatable bonds is 8. The van der Waals surface area contributed by atoms with Crippen LogP contribution >= 0.6 is 0 Å². The van der Waals surface area contributed by atoms with Gasteiger partial charge >= 0.3 is 5.97 Å². The van der Waals surface area contributed by atoms with Crippen LogP contribution in [0.15, 0.2) is 59.0 Å². The average Bonchev–Trinajstić information content (AvgIpc) is 3.20. The fourth-order valence-corrected chi connectivity index (χ4v) is 3.30. The van der Waals surface area contributed by atoms with E-state index in [4.69, 9.17) is 18.6 Å². The van der Waals surface area contributed by atoms with Gasteiger partial charge in [0.1, 0.15) is 17.0 Å². The minimum absolute atomic E-state index is 0.195. The zero-order valence-corrected chi connectivity index (χ0v) is 17.0. The van der Waals surface area contributed by atoms with E-state index < -0.39 is 0 Å². The highest BCUT2D eigenvalue weighted by Gasteiger charge is 2.11. The SMILES string of the molecule is CCOC(=O)CCCOc1cccc2cc(-c3nc4ccc(OC)cc4o3)ccc12. The molecular formula is C24H23NO5. The number of aromatic nitrogens is 1. The molecule has 0 saturated heterocycles. The van der Waals surface area contributed by atoms with Gasteiger partial charge < -0.3 is 18.6 Å². The monoisotopic (exact) mass is 405 g/mol. The second kappa shape index (κ2) is 8.86. The first kappa shape index (κ1) is 19.8. The Labute approximate surface area is 174 Å². The van der Waals surface area contributed by atoms with Crippen LogP contribution in [-0.4, -0.2) is 31.3 Å². The number of methoxy groups -OCH3 is 1. The van der Waals surface area contributed by atoms with Crippen LogP contribution < -0.4 is 9.47 Å². The van der Waals surface area contributed by atoms with Crippen LogP contribution in [0.1, 0.15) is 19.8 Å². The van der Waals surface area contributed by atoms with Crippen molar-refractivity contribution in [1.29, 1.82) is 0 Å². The maximum Gasteiger partial charge on any atom is 0.305 e. The predicted octanol–water partition coefficient (Wildman–Crippen LogP) is 5.38. The van der Waals surface area contributed by atoms with E-state index in [2.05, 4.69) is 4.98 Å². The zero-order chi connectivity index (χ0) is 20.9. The summed E-state index contributed by atoms with van der Waals surface area (Å²) < 4.78 is 22.0. The Morgan fingerprint density at radius 2 is 2.00 bits per heavy atom. The van der Waals surface area contributed by atoms with Gasteiger partial charge in [-0.05, 0) is 55.1 Å². The number of oxazole rings is 1. The molecule has 4 rings (SSSR count). The third kappa shape index (κ3) is 4.22.